The smallest absolute Gasteiger partial charge is 0.306 e. The van der Waals surface area contributed by atoms with Crippen LogP contribution in [0.1, 0.15) is 104 Å². The molecule has 0 aliphatic rings. The van der Waals surface area contributed by atoms with Crippen molar-refractivity contribution in [3.05, 3.63) is 12.2 Å². The molecule has 0 heterocycles. The summed E-state index contributed by atoms with van der Waals surface area (Å²) in [6, 6.07) is 0. The molecule has 0 saturated heterocycles. The number of hydrogen-bond donors (Lipinski definition) is 1. The molecule has 0 aromatic rings. The van der Waals surface area contributed by atoms with Gasteiger partial charge in [-0.15, -0.1) is 0 Å². The van der Waals surface area contributed by atoms with Crippen molar-refractivity contribution in [2.24, 2.45) is 5.92 Å². The molecule has 0 fully saturated rings. The molecule has 0 amide bonds. The quantitative estimate of drug-likeness (QED) is 0.253. The number of carbonyl (C=O) groups is 1. The highest BCUT2D eigenvalue weighted by molar-refractivity contribution is 5.69. The van der Waals surface area contributed by atoms with Crippen LogP contribution >= 0.6 is 0 Å². The van der Waals surface area contributed by atoms with E-state index in [1.807, 2.05) is 0 Å². The number of rotatable bonds is 16. The van der Waals surface area contributed by atoms with Gasteiger partial charge in [-0.1, -0.05) is 83.8 Å². The Hall–Kier alpha value is -0.790. The molecule has 0 saturated carbocycles. The highest BCUT2D eigenvalue weighted by Gasteiger charge is 2.14. The third kappa shape index (κ3) is 14.2. The zero-order valence-electron chi connectivity index (χ0n) is 15.0. The Morgan fingerprint density at radius 1 is 0.773 bits per heavy atom. The zero-order chi connectivity index (χ0) is 16.5. The summed E-state index contributed by atoms with van der Waals surface area (Å²) in [4.78, 5) is 11.0. The van der Waals surface area contributed by atoms with Crippen molar-refractivity contribution in [3.63, 3.8) is 0 Å². The lowest BCUT2D eigenvalue weighted by Crippen LogP contribution is -2.12. The number of allylic oxidation sites excluding steroid dienone is 2. The van der Waals surface area contributed by atoms with E-state index >= 15 is 0 Å². The maximum absolute atomic E-state index is 11.0. The van der Waals surface area contributed by atoms with Crippen LogP contribution in [0, 0.1) is 5.92 Å². The van der Waals surface area contributed by atoms with Crippen LogP contribution < -0.4 is 0 Å². The number of carboxylic acids is 1. The molecule has 130 valence electrons. The van der Waals surface area contributed by atoms with Gasteiger partial charge >= 0.3 is 5.97 Å². The average Bonchev–Trinajstić information content (AvgIpc) is 2.50. The van der Waals surface area contributed by atoms with E-state index in [2.05, 4.69) is 26.0 Å². The second kappa shape index (κ2) is 16.6. The van der Waals surface area contributed by atoms with Crippen LogP contribution in [0.5, 0.6) is 0 Å². The third-order valence-electron chi connectivity index (χ3n) is 4.31. The lowest BCUT2D eigenvalue weighted by molar-refractivity contribution is -0.142. The summed E-state index contributed by atoms with van der Waals surface area (Å²) in [5.74, 6) is -0.781. The zero-order valence-corrected chi connectivity index (χ0v) is 15.0. The van der Waals surface area contributed by atoms with Crippen LogP contribution in [0.4, 0.5) is 0 Å². The maximum Gasteiger partial charge on any atom is 0.306 e. The van der Waals surface area contributed by atoms with Crippen molar-refractivity contribution in [2.45, 2.75) is 104 Å². The van der Waals surface area contributed by atoms with Gasteiger partial charge in [0.2, 0.25) is 0 Å². The first kappa shape index (κ1) is 21.2. The number of carboxylic acid groups (broad SMARTS) is 1. The van der Waals surface area contributed by atoms with Gasteiger partial charge in [0, 0.05) is 0 Å². The highest BCUT2D eigenvalue weighted by atomic mass is 16.4. The van der Waals surface area contributed by atoms with Crippen molar-refractivity contribution in [2.75, 3.05) is 0 Å². The van der Waals surface area contributed by atoms with Crippen molar-refractivity contribution in [1.29, 1.82) is 0 Å². The predicted octanol–water partition coefficient (Wildman–Crippen LogP) is 6.74. The number of unbranched alkanes of at least 4 members (excludes halogenated alkanes) is 9. The van der Waals surface area contributed by atoms with Gasteiger partial charge in [-0.2, -0.15) is 0 Å². The molecule has 1 unspecified atom stereocenters. The van der Waals surface area contributed by atoms with E-state index in [9.17, 15) is 4.79 Å². The molecule has 0 aliphatic carbocycles. The van der Waals surface area contributed by atoms with E-state index in [-0.39, 0.29) is 5.92 Å². The summed E-state index contributed by atoms with van der Waals surface area (Å²) in [6.45, 7) is 4.31. The first-order valence-electron chi connectivity index (χ1n) is 9.60. The predicted molar refractivity (Wildman–Crippen MR) is 96.3 cm³/mol. The minimum absolute atomic E-state index is 0.151. The van der Waals surface area contributed by atoms with Crippen LogP contribution in [-0.4, -0.2) is 11.1 Å². The average molecular weight is 311 g/mol. The molecule has 1 atom stereocenters. The van der Waals surface area contributed by atoms with Crippen LogP contribution in [0.15, 0.2) is 12.2 Å². The highest BCUT2D eigenvalue weighted by Crippen LogP contribution is 2.15. The molecular weight excluding hydrogens is 272 g/mol. The van der Waals surface area contributed by atoms with Gasteiger partial charge in [0.05, 0.1) is 5.92 Å². The van der Waals surface area contributed by atoms with Gasteiger partial charge < -0.3 is 5.11 Å². The van der Waals surface area contributed by atoms with Gasteiger partial charge in [0.1, 0.15) is 0 Å². The first-order chi connectivity index (χ1) is 10.7. The van der Waals surface area contributed by atoms with E-state index < -0.39 is 5.97 Å². The van der Waals surface area contributed by atoms with E-state index in [1.165, 1.54) is 57.8 Å². The Bertz CT molecular complexity index is 271. The summed E-state index contributed by atoms with van der Waals surface area (Å²) in [5.41, 5.74) is 0. The van der Waals surface area contributed by atoms with E-state index in [0.717, 1.165) is 32.1 Å². The molecule has 0 aromatic carbocycles. The topological polar surface area (TPSA) is 37.3 Å². The maximum atomic E-state index is 11.0. The van der Waals surface area contributed by atoms with Gasteiger partial charge in [-0.05, 0) is 32.1 Å². The molecule has 0 aromatic heterocycles. The van der Waals surface area contributed by atoms with Crippen molar-refractivity contribution >= 4 is 5.97 Å². The van der Waals surface area contributed by atoms with Crippen LogP contribution in [0.2, 0.25) is 0 Å². The lowest BCUT2D eigenvalue weighted by atomic mass is 9.98. The molecular formula is C20H38O2. The Labute approximate surface area is 138 Å². The number of hydrogen-bond acceptors (Lipinski definition) is 1. The molecule has 0 spiro atoms. The van der Waals surface area contributed by atoms with Gasteiger partial charge in [0.15, 0.2) is 0 Å². The third-order valence-corrected chi connectivity index (χ3v) is 4.31. The molecule has 0 aliphatic heterocycles. The molecule has 0 radical (unpaired) electrons. The second-order valence-corrected chi connectivity index (χ2v) is 6.49. The fourth-order valence-electron chi connectivity index (χ4n) is 2.85. The standard InChI is InChI=1S/C20H38O2/c1-3-5-6-7-8-9-10-11-12-13-14-15-16-18-19(17-4-2)20(21)22/h14-15,19H,3-13,16-18H2,1-2H3,(H,21,22)/b15-14+. The Morgan fingerprint density at radius 2 is 1.32 bits per heavy atom. The number of aliphatic carboxylic acids is 1. The van der Waals surface area contributed by atoms with E-state index in [1.54, 1.807) is 0 Å². The summed E-state index contributed by atoms with van der Waals surface area (Å²) in [5, 5.41) is 9.07. The van der Waals surface area contributed by atoms with Crippen molar-refractivity contribution in [1.82, 2.24) is 0 Å². The molecule has 1 N–H and O–H groups in total. The van der Waals surface area contributed by atoms with Gasteiger partial charge in [-0.3, -0.25) is 4.79 Å². The Morgan fingerprint density at radius 3 is 1.86 bits per heavy atom. The summed E-state index contributed by atoms with van der Waals surface area (Å²) in [6.07, 6.45) is 21.4. The van der Waals surface area contributed by atoms with Crippen molar-refractivity contribution < 1.29 is 9.90 Å². The van der Waals surface area contributed by atoms with Crippen LogP contribution in [0.3, 0.4) is 0 Å². The molecule has 22 heavy (non-hydrogen) atoms. The molecule has 2 nitrogen and oxygen atoms in total. The summed E-state index contributed by atoms with van der Waals surface area (Å²) < 4.78 is 0. The monoisotopic (exact) mass is 310 g/mol. The molecule has 0 rings (SSSR count). The summed E-state index contributed by atoms with van der Waals surface area (Å²) >= 11 is 0. The fourth-order valence-corrected chi connectivity index (χ4v) is 2.85. The van der Waals surface area contributed by atoms with E-state index in [0.29, 0.717) is 0 Å². The molecule has 2 heteroatoms. The fraction of sp³-hybridized carbons (Fsp3) is 0.850. The minimum Gasteiger partial charge on any atom is -0.481 e. The Kier molecular flexibility index (Phi) is 16.0. The second-order valence-electron chi connectivity index (χ2n) is 6.49. The SMILES string of the molecule is CCCCCCCCCCC/C=C/CCC(CCC)C(=O)O. The largest absolute Gasteiger partial charge is 0.481 e. The minimum atomic E-state index is -0.630. The molecule has 0 bridgehead atoms. The van der Waals surface area contributed by atoms with Crippen LogP contribution in [-0.2, 0) is 4.79 Å². The first-order valence-corrected chi connectivity index (χ1v) is 9.60. The van der Waals surface area contributed by atoms with Gasteiger partial charge in [-0.25, -0.2) is 0 Å². The van der Waals surface area contributed by atoms with Gasteiger partial charge in [0.25, 0.3) is 0 Å². The van der Waals surface area contributed by atoms with E-state index in [4.69, 9.17) is 5.11 Å². The normalized spacial score (nSPS) is 12.8. The summed E-state index contributed by atoms with van der Waals surface area (Å²) in [7, 11) is 0. The van der Waals surface area contributed by atoms with Crippen LogP contribution in [0.25, 0.3) is 0 Å². The lowest BCUT2D eigenvalue weighted by Gasteiger charge is -2.08. The Balaban J connectivity index is 3.35. The van der Waals surface area contributed by atoms with Crippen molar-refractivity contribution in [3.8, 4) is 0 Å².